The third-order valence-corrected chi connectivity index (χ3v) is 4.77. The quantitative estimate of drug-likeness (QED) is 0.562. The first-order valence-electron chi connectivity index (χ1n) is 9.56. The van der Waals surface area contributed by atoms with Crippen molar-refractivity contribution in [1.29, 1.82) is 0 Å². The normalized spacial score (nSPS) is 13.8. The molecule has 0 atom stereocenters. The summed E-state index contributed by atoms with van der Waals surface area (Å²) in [5.41, 5.74) is 2.12. The van der Waals surface area contributed by atoms with E-state index in [-0.39, 0.29) is 23.0 Å². The second-order valence-corrected chi connectivity index (χ2v) is 6.98. The van der Waals surface area contributed by atoms with Gasteiger partial charge < -0.3 is 24.5 Å². The van der Waals surface area contributed by atoms with Crippen molar-refractivity contribution in [3.05, 3.63) is 48.2 Å². The monoisotopic (exact) mass is 448 g/mol. The highest BCUT2D eigenvalue weighted by Gasteiger charge is 2.32. The van der Waals surface area contributed by atoms with Crippen molar-refractivity contribution in [3.63, 3.8) is 0 Å². The largest absolute Gasteiger partial charge is 0.573 e. The van der Waals surface area contributed by atoms with Gasteiger partial charge in [-0.1, -0.05) is 6.07 Å². The minimum atomic E-state index is -4.89. The van der Waals surface area contributed by atoms with Gasteiger partial charge in [-0.3, -0.25) is 4.90 Å². The van der Waals surface area contributed by atoms with Crippen LogP contribution in [0.4, 0.5) is 35.4 Å². The van der Waals surface area contributed by atoms with E-state index in [9.17, 15) is 18.0 Å². The highest BCUT2D eigenvalue weighted by Crippen LogP contribution is 2.35. The molecule has 0 unspecified atom stereocenters. The van der Waals surface area contributed by atoms with Crippen molar-refractivity contribution in [2.75, 3.05) is 30.4 Å². The van der Waals surface area contributed by atoms with Crippen molar-refractivity contribution >= 4 is 23.4 Å². The minimum absolute atomic E-state index is 0.138. The summed E-state index contributed by atoms with van der Waals surface area (Å²) in [6.07, 6.45) is -3.51. The van der Waals surface area contributed by atoms with Crippen LogP contribution in [0.2, 0.25) is 0 Å². The number of hydrogen-bond donors (Lipinski definition) is 2. The van der Waals surface area contributed by atoms with Crippen LogP contribution in [-0.2, 0) is 0 Å². The fraction of sp³-hybridized carbons (Fsp3) is 0.238. The molecule has 1 aliphatic heterocycles. The SMILES string of the molecule is COc1ccc(C)c(Nc2ncc(-c3cc(OC(F)(F)F)cc(N4CCNC4=O)c3)o2)c1. The summed E-state index contributed by atoms with van der Waals surface area (Å²) in [5, 5.41) is 5.63. The molecule has 4 rings (SSSR count). The Morgan fingerprint density at radius 3 is 2.69 bits per heavy atom. The first-order valence-corrected chi connectivity index (χ1v) is 9.56. The molecule has 0 bridgehead atoms. The Hall–Kier alpha value is -3.89. The molecule has 0 saturated carbocycles. The van der Waals surface area contributed by atoms with Gasteiger partial charge >= 0.3 is 12.4 Å². The molecule has 2 aromatic carbocycles. The Labute approximate surface area is 180 Å². The zero-order chi connectivity index (χ0) is 22.9. The summed E-state index contributed by atoms with van der Waals surface area (Å²) in [6, 6.07) is 9.02. The Kier molecular flexibility index (Phi) is 5.56. The second-order valence-electron chi connectivity index (χ2n) is 6.98. The van der Waals surface area contributed by atoms with Gasteiger partial charge in [-0.25, -0.2) is 9.78 Å². The van der Waals surface area contributed by atoms with Crippen molar-refractivity contribution in [2.24, 2.45) is 0 Å². The molecule has 168 valence electrons. The molecule has 1 aliphatic rings. The Bertz CT molecular complexity index is 1150. The van der Waals surface area contributed by atoms with Crippen LogP contribution in [0.15, 0.2) is 47.0 Å². The van der Waals surface area contributed by atoms with Gasteiger partial charge in [0.05, 0.1) is 13.3 Å². The van der Waals surface area contributed by atoms with Crippen LogP contribution in [-0.4, -0.2) is 37.6 Å². The maximum atomic E-state index is 12.8. The Morgan fingerprint density at radius 2 is 2.00 bits per heavy atom. The van der Waals surface area contributed by atoms with E-state index in [1.807, 2.05) is 19.1 Å². The van der Waals surface area contributed by atoms with E-state index in [4.69, 9.17) is 9.15 Å². The molecule has 2 amide bonds. The lowest BCUT2D eigenvalue weighted by atomic mass is 10.1. The van der Waals surface area contributed by atoms with E-state index in [0.29, 0.717) is 24.5 Å². The fourth-order valence-electron chi connectivity index (χ4n) is 3.24. The van der Waals surface area contributed by atoms with Gasteiger partial charge in [0.1, 0.15) is 11.5 Å². The number of urea groups is 1. The van der Waals surface area contributed by atoms with Gasteiger partial charge in [0.25, 0.3) is 6.01 Å². The lowest BCUT2D eigenvalue weighted by molar-refractivity contribution is -0.274. The van der Waals surface area contributed by atoms with Gasteiger partial charge in [0.2, 0.25) is 0 Å². The van der Waals surface area contributed by atoms with Crippen molar-refractivity contribution < 1.29 is 31.9 Å². The van der Waals surface area contributed by atoms with E-state index in [2.05, 4.69) is 20.4 Å². The van der Waals surface area contributed by atoms with Crippen LogP contribution < -0.4 is 25.0 Å². The lowest BCUT2D eigenvalue weighted by Crippen LogP contribution is -2.27. The van der Waals surface area contributed by atoms with Gasteiger partial charge in [-0.2, -0.15) is 0 Å². The summed E-state index contributed by atoms with van der Waals surface area (Å²) in [5.74, 6) is 0.358. The van der Waals surface area contributed by atoms with Gasteiger partial charge in [0.15, 0.2) is 5.76 Å². The number of rotatable bonds is 6. The number of nitrogens with one attached hydrogen (secondary N) is 2. The number of carbonyl (C=O) groups is 1. The molecule has 0 radical (unpaired) electrons. The summed E-state index contributed by atoms with van der Waals surface area (Å²) in [6.45, 7) is 2.58. The smallest absolute Gasteiger partial charge is 0.497 e. The van der Waals surface area contributed by atoms with Gasteiger partial charge in [-0.05, 0) is 30.7 Å². The zero-order valence-corrected chi connectivity index (χ0v) is 17.1. The van der Waals surface area contributed by atoms with Crippen LogP contribution in [0.3, 0.4) is 0 Å². The predicted octanol–water partition coefficient (Wildman–Crippen LogP) is 4.83. The van der Waals surface area contributed by atoms with Crippen LogP contribution >= 0.6 is 0 Å². The second kappa shape index (κ2) is 8.33. The molecule has 1 fully saturated rings. The van der Waals surface area contributed by atoms with Crippen LogP contribution in [0.25, 0.3) is 11.3 Å². The van der Waals surface area contributed by atoms with Crippen molar-refractivity contribution in [2.45, 2.75) is 13.3 Å². The van der Waals surface area contributed by atoms with Crippen LogP contribution in [0, 0.1) is 6.92 Å². The van der Waals surface area contributed by atoms with Gasteiger partial charge in [-0.15, -0.1) is 13.2 Å². The first kappa shape index (κ1) is 21.3. The number of methoxy groups -OCH3 is 1. The number of aromatic nitrogens is 1. The number of carbonyl (C=O) groups excluding carboxylic acids is 1. The number of alkyl halides is 3. The number of anilines is 3. The number of nitrogens with zero attached hydrogens (tertiary/aromatic N) is 2. The number of benzene rings is 2. The molecular formula is C21H19F3N4O4. The molecule has 0 aliphatic carbocycles. The molecular weight excluding hydrogens is 429 g/mol. The molecule has 3 aromatic rings. The average Bonchev–Trinajstić information content (AvgIpc) is 3.37. The van der Waals surface area contributed by atoms with Crippen LogP contribution in [0.1, 0.15) is 5.56 Å². The maximum Gasteiger partial charge on any atom is 0.573 e. The minimum Gasteiger partial charge on any atom is -0.497 e. The maximum absolute atomic E-state index is 12.8. The van der Waals surface area contributed by atoms with Crippen molar-refractivity contribution in [1.82, 2.24) is 10.3 Å². The molecule has 1 saturated heterocycles. The van der Waals surface area contributed by atoms with E-state index in [0.717, 1.165) is 11.6 Å². The number of halogens is 3. The lowest BCUT2D eigenvalue weighted by Gasteiger charge is -2.17. The number of amides is 2. The molecule has 2 heterocycles. The highest BCUT2D eigenvalue weighted by molar-refractivity contribution is 5.95. The summed E-state index contributed by atoms with van der Waals surface area (Å²) in [7, 11) is 1.55. The summed E-state index contributed by atoms with van der Waals surface area (Å²) in [4.78, 5) is 17.5. The molecule has 2 N–H and O–H groups in total. The van der Waals surface area contributed by atoms with E-state index in [1.54, 1.807) is 13.2 Å². The molecule has 0 spiro atoms. The number of oxazole rings is 1. The van der Waals surface area contributed by atoms with E-state index in [1.165, 1.54) is 23.2 Å². The summed E-state index contributed by atoms with van der Waals surface area (Å²) < 4.78 is 53.5. The fourth-order valence-corrected chi connectivity index (χ4v) is 3.24. The first-order chi connectivity index (χ1) is 15.2. The molecule has 1 aromatic heterocycles. The van der Waals surface area contributed by atoms with Gasteiger partial charge in [0, 0.05) is 42.2 Å². The van der Waals surface area contributed by atoms with E-state index < -0.39 is 18.1 Å². The Balaban J connectivity index is 1.66. The summed E-state index contributed by atoms with van der Waals surface area (Å²) >= 11 is 0. The topological polar surface area (TPSA) is 88.9 Å². The third-order valence-electron chi connectivity index (χ3n) is 4.77. The number of hydrogen-bond acceptors (Lipinski definition) is 6. The van der Waals surface area contributed by atoms with Crippen molar-refractivity contribution in [3.8, 4) is 22.8 Å². The van der Waals surface area contributed by atoms with Crippen LogP contribution in [0.5, 0.6) is 11.5 Å². The predicted molar refractivity (Wildman–Crippen MR) is 110 cm³/mol. The average molecular weight is 448 g/mol. The third kappa shape index (κ3) is 4.71. The Morgan fingerprint density at radius 1 is 1.19 bits per heavy atom. The zero-order valence-electron chi connectivity index (χ0n) is 17.1. The molecule has 8 nitrogen and oxygen atoms in total. The molecule has 11 heteroatoms. The van der Waals surface area contributed by atoms with E-state index >= 15 is 0 Å². The molecule has 32 heavy (non-hydrogen) atoms. The number of ether oxygens (including phenoxy) is 2. The standard InChI is InChI=1S/C21H19F3N4O4/c1-12-3-4-15(30-2)10-17(12)27-19-26-11-18(31-19)13-7-14(28-6-5-25-20(28)29)9-16(8-13)32-21(22,23)24/h3-4,7-11H,5-6H2,1-2H3,(H,25,29)(H,26,27). The highest BCUT2D eigenvalue weighted by atomic mass is 19.4. The number of aryl methyl sites for hydroxylation is 1.